The van der Waals surface area contributed by atoms with Crippen molar-refractivity contribution in [2.45, 2.75) is 51.0 Å². The van der Waals surface area contributed by atoms with E-state index in [2.05, 4.69) is 30.4 Å². The van der Waals surface area contributed by atoms with Gasteiger partial charge in [-0.2, -0.15) is 12.7 Å². The lowest BCUT2D eigenvalue weighted by Crippen LogP contribution is -2.29. The molecule has 0 saturated carbocycles. The number of hydrogen-bond donors (Lipinski definition) is 1. The van der Waals surface area contributed by atoms with Gasteiger partial charge >= 0.3 is 16.2 Å². The Labute approximate surface area is 236 Å². The van der Waals surface area contributed by atoms with Gasteiger partial charge in [0.05, 0.1) is 17.8 Å². The number of esters is 1. The van der Waals surface area contributed by atoms with Gasteiger partial charge in [-0.25, -0.2) is 0 Å². The Hall–Kier alpha value is -2.24. The van der Waals surface area contributed by atoms with Gasteiger partial charge in [0.1, 0.15) is 6.54 Å². The van der Waals surface area contributed by atoms with Gasteiger partial charge in [-0.05, 0) is 69.9 Å². The van der Waals surface area contributed by atoms with E-state index in [0.717, 1.165) is 30.7 Å². The molecule has 0 aliphatic heterocycles. The predicted octanol–water partition coefficient (Wildman–Crippen LogP) is 5.88. The Kier molecular flexibility index (Phi) is 12.4. The zero-order chi connectivity index (χ0) is 28.5. The molecule has 0 fully saturated rings. The molecule has 0 aliphatic carbocycles. The van der Waals surface area contributed by atoms with Crippen molar-refractivity contribution in [1.29, 1.82) is 0 Å². The quantitative estimate of drug-likeness (QED) is 0.284. The van der Waals surface area contributed by atoms with Crippen molar-refractivity contribution >= 4 is 56.1 Å². The molecular weight excluding hydrogens is 544 g/mol. The second kappa shape index (κ2) is 14.8. The van der Waals surface area contributed by atoms with Crippen LogP contribution < -0.4 is 4.72 Å². The summed E-state index contributed by atoms with van der Waals surface area (Å²) in [5.41, 5.74) is 2.01. The summed E-state index contributed by atoms with van der Waals surface area (Å²) >= 11 is 7.50. The minimum absolute atomic E-state index is 0.0290. The van der Waals surface area contributed by atoms with E-state index in [-0.39, 0.29) is 19.1 Å². The van der Waals surface area contributed by atoms with Crippen LogP contribution in [0.5, 0.6) is 0 Å². The zero-order valence-electron chi connectivity index (χ0n) is 23.2. The second-order valence-corrected chi connectivity index (χ2v) is 12.0. The second-order valence-electron chi connectivity index (χ2n) is 8.57. The fourth-order valence-corrected chi connectivity index (χ4v) is 5.60. The van der Waals surface area contributed by atoms with Crippen LogP contribution in [0.3, 0.4) is 0 Å². The average Bonchev–Trinajstić information content (AvgIpc) is 3.13. The Morgan fingerprint density at radius 2 is 1.63 bits per heavy atom. The summed E-state index contributed by atoms with van der Waals surface area (Å²) in [5, 5.41) is 1.35. The van der Waals surface area contributed by atoms with Gasteiger partial charge in [-0.15, -0.1) is 0 Å². The highest BCUT2D eigenvalue weighted by Crippen LogP contribution is 2.42. The van der Waals surface area contributed by atoms with Crippen LogP contribution in [-0.4, -0.2) is 68.5 Å². The highest BCUT2D eigenvalue weighted by atomic mass is 35.5. The first kappa shape index (κ1) is 32.0. The van der Waals surface area contributed by atoms with Gasteiger partial charge < -0.3 is 14.2 Å². The van der Waals surface area contributed by atoms with Crippen molar-refractivity contribution in [2.75, 3.05) is 45.1 Å². The highest BCUT2D eigenvalue weighted by Gasteiger charge is 2.23. The molecular formula is C27H39ClN4O4S2. The third-order valence-electron chi connectivity index (χ3n) is 5.98. The number of anilines is 1. The fraction of sp³-hybridized carbons (Fsp3) is 0.444. The van der Waals surface area contributed by atoms with E-state index >= 15 is 0 Å². The molecule has 0 saturated heterocycles. The lowest BCUT2D eigenvalue weighted by molar-refractivity contribution is -0.143. The number of carbonyl (C=O) groups is 1. The Morgan fingerprint density at radius 1 is 1.03 bits per heavy atom. The van der Waals surface area contributed by atoms with E-state index < -0.39 is 10.2 Å². The van der Waals surface area contributed by atoms with Crippen LogP contribution in [0, 0.1) is 6.92 Å². The van der Waals surface area contributed by atoms with E-state index in [4.69, 9.17) is 16.3 Å². The Bertz CT molecular complexity index is 1300. The number of rotatable bonds is 11. The molecule has 0 atom stereocenters. The number of aromatic nitrogens is 1. The first-order valence-electron chi connectivity index (χ1n) is 12.6. The smallest absolute Gasteiger partial charge is 0.325 e. The molecule has 210 valence electrons. The minimum Gasteiger partial charge on any atom is -0.465 e. The molecule has 0 bridgehead atoms. The Balaban J connectivity index is 0.000000638. The maximum Gasteiger partial charge on any atom is 0.325 e. The van der Waals surface area contributed by atoms with Crippen LogP contribution in [0.4, 0.5) is 5.69 Å². The maximum atomic E-state index is 12.5. The molecule has 11 heteroatoms. The van der Waals surface area contributed by atoms with Gasteiger partial charge in [-0.1, -0.05) is 50.2 Å². The molecule has 1 N–H and O–H groups in total. The van der Waals surface area contributed by atoms with Gasteiger partial charge in [0, 0.05) is 40.0 Å². The standard InChI is InChI=1S/C21H24ClN3O4S2.C6H15N/c1-5-29-19(26)13-25-14(2)21(30-16-11-9-15(22)10-12-16)20-17(7-6-8-18(20)25)23-31(27,28)24(3)4;1-4-7(5-2)6-3/h6-12,23H,5,13H2,1-4H3;4-6H2,1-3H3. The molecule has 0 aliphatic rings. The van der Waals surface area contributed by atoms with Crippen molar-refractivity contribution in [1.82, 2.24) is 13.8 Å². The molecule has 0 spiro atoms. The van der Waals surface area contributed by atoms with Gasteiger partial charge in [0.2, 0.25) is 0 Å². The summed E-state index contributed by atoms with van der Waals surface area (Å²) in [4.78, 5) is 16.4. The minimum atomic E-state index is -3.72. The monoisotopic (exact) mass is 582 g/mol. The van der Waals surface area contributed by atoms with E-state index in [9.17, 15) is 13.2 Å². The lowest BCUT2D eigenvalue weighted by Gasteiger charge is -2.15. The van der Waals surface area contributed by atoms with E-state index in [1.807, 2.05) is 29.7 Å². The maximum absolute atomic E-state index is 12.5. The summed E-state index contributed by atoms with van der Waals surface area (Å²) in [6.45, 7) is 14.1. The van der Waals surface area contributed by atoms with Crippen molar-refractivity contribution in [3.63, 3.8) is 0 Å². The van der Waals surface area contributed by atoms with Crippen LogP contribution in [0.25, 0.3) is 10.9 Å². The third kappa shape index (κ3) is 8.38. The number of fused-ring (bicyclic) bond motifs is 1. The number of hydrogen-bond acceptors (Lipinski definition) is 6. The molecule has 1 aromatic heterocycles. The van der Waals surface area contributed by atoms with Crippen molar-refractivity contribution in [2.24, 2.45) is 0 Å². The highest BCUT2D eigenvalue weighted by molar-refractivity contribution is 7.99. The summed E-state index contributed by atoms with van der Waals surface area (Å²) in [6, 6.07) is 12.7. The largest absolute Gasteiger partial charge is 0.465 e. The lowest BCUT2D eigenvalue weighted by atomic mass is 10.2. The van der Waals surface area contributed by atoms with Crippen molar-refractivity contribution < 1.29 is 17.9 Å². The van der Waals surface area contributed by atoms with Gasteiger partial charge in [0.15, 0.2) is 0 Å². The Morgan fingerprint density at radius 3 is 2.13 bits per heavy atom. The topological polar surface area (TPSA) is 83.9 Å². The summed E-state index contributed by atoms with van der Waals surface area (Å²) in [6.07, 6.45) is 0. The molecule has 3 aromatic rings. The number of halogens is 1. The number of ether oxygens (including phenoxy) is 1. The van der Waals surface area contributed by atoms with E-state index in [0.29, 0.717) is 10.7 Å². The molecule has 3 rings (SSSR count). The molecule has 0 unspecified atom stereocenters. The number of nitrogens with zero attached hydrogens (tertiary/aromatic N) is 3. The molecule has 2 aromatic carbocycles. The van der Waals surface area contributed by atoms with Gasteiger partial charge in [0.25, 0.3) is 0 Å². The molecule has 0 radical (unpaired) electrons. The van der Waals surface area contributed by atoms with Crippen LogP contribution >= 0.6 is 23.4 Å². The predicted molar refractivity (Wildman–Crippen MR) is 159 cm³/mol. The summed E-state index contributed by atoms with van der Waals surface area (Å²) in [7, 11) is -0.795. The number of carbonyl (C=O) groups excluding carboxylic acids is 1. The molecule has 38 heavy (non-hydrogen) atoms. The zero-order valence-corrected chi connectivity index (χ0v) is 25.6. The number of nitrogens with one attached hydrogen (secondary N) is 1. The van der Waals surface area contributed by atoms with E-state index in [1.165, 1.54) is 45.5 Å². The van der Waals surface area contributed by atoms with E-state index in [1.54, 1.807) is 31.2 Å². The molecule has 1 heterocycles. The average molecular weight is 583 g/mol. The SMILES string of the molecule is CCN(CC)CC.CCOC(=O)Cn1c(C)c(Sc2ccc(Cl)cc2)c2c(NS(=O)(=O)N(C)C)cccc21. The van der Waals surface area contributed by atoms with Gasteiger partial charge in [-0.3, -0.25) is 9.52 Å². The van der Waals surface area contributed by atoms with Crippen LogP contribution in [0.2, 0.25) is 5.02 Å². The summed E-state index contributed by atoms with van der Waals surface area (Å²) < 4.78 is 35.8. The third-order valence-corrected chi connectivity index (χ3v) is 8.88. The van der Waals surface area contributed by atoms with Crippen molar-refractivity contribution in [3.05, 3.63) is 53.2 Å². The normalized spacial score (nSPS) is 11.5. The summed E-state index contributed by atoms with van der Waals surface area (Å²) in [5.74, 6) is -0.357. The first-order chi connectivity index (χ1) is 18.0. The van der Waals surface area contributed by atoms with Crippen LogP contribution in [-0.2, 0) is 26.3 Å². The fourth-order valence-electron chi connectivity index (χ4n) is 3.76. The van der Waals surface area contributed by atoms with Crippen LogP contribution in [0.1, 0.15) is 33.4 Å². The molecule has 0 amide bonds. The van der Waals surface area contributed by atoms with Crippen LogP contribution in [0.15, 0.2) is 52.3 Å². The number of benzene rings is 2. The molecule has 8 nitrogen and oxygen atoms in total. The van der Waals surface area contributed by atoms with Crippen molar-refractivity contribution in [3.8, 4) is 0 Å². The first-order valence-corrected chi connectivity index (χ1v) is 15.3.